The summed E-state index contributed by atoms with van der Waals surface area (Å²) in [5.74, 6) is -0.944. The van der Waals surface area contributed by atoms with Crippen LogP contribution in [0.3, 0.4) is 0 Å². The molecule has 1 aromatic heterocycles. The minimum atomic E-state index is -0.347. The Balaban J connectivity index is 1.49. The van der Waals surface area contributed by atoms with Crippen LogP contribution in [0, 0.1) is 5.82 Å². The smallest absolute Gasteiger partial charge is 0.253 e. The molecular formula is C20H23FN4O3. The lowest BCUT2D eigenvalue weighted by atomic mass is 10.1. The molecular weight excluding hydrogens is 363 g/mol. The van der Waals surface area contributed by atoms with Crippen molar-refractivity contribution in [3.8, 4) is 0 Å². The maximum Gasteiger partial charge on any atom is 0.253 e. The fraction of sp³-hybridized carbons (Fsp3) is 0.350. The zero-order valence-electron chi connectivity index (χ0n) is 15.5. The van der Waals surface area contributed by atoms with Gasteiger partial charge in [-0.2, -0.15) is 0 Å². The second-order valence-corrected chi connectivity index (χ2v) is 6.48. The van der Waals surface area contributed by atoms with Crippen LogP contribution in [-0.4, -0.2) is 61.1 Å². The number of rotatable bonds is 7. The molecule has 2 heterocycles. The van der Waals surface area contributed by atoms with Crippen molar-refractivity contribution in [1.29, 1.82) is 0 Å². The van der Waals surface area contributed by atoms with Gasteiger partial charge in [0.25, 0.3) is 11.8 Å². The monoisotopic (exact) mass is 386 g/mol. The highest BCUT2D eigenvalue weighted by Crippen LogP contribution is 2.06. The molecule has 3 rings (SSSR count). The standard InChI is InChI=1S/C20H23FN4O3/c21-18-3-1-15(2-4-18)12-24-20(27)17-11-16(13-22-14-17)19(26)23-5-6-25-7-9-28-10-8-25/h1-4,11,13-14H,5-10,12H2,(H,23,26)(H,24,27). The molecule has 0 radical (unpaired) electrons. The van der Waals surface area contributed by atoms with Gasteiger partial charge in [-0.1, -0.05) is 12.1 Å². The number of aromatic nitrogens is 1. The van der Waals surface area contributed by atoms with Gasteiger partial charge in [0.05, 0.1) is 24.3 Å². The van der Waals surface area contributed by atoms with Crippen LogP contribution in [0.4, 0.5) is 4.39 Å². The van der Waals surface area contributed by atoms with Gasteiger partial charge < -0.3 is 15.4 Å². The van der Waals surface area contributed by atoms with Gasteiger partial charge in [-0.05, 0) is 23.8 Å². The number of nitrogens with one attached hydrogen (secondary N) is 2. The third kappa shape index (κ3) is 5.83. The summed E-state index contributed by atoms with van der Waals surface area (Å²) in [5, 5.41) is 5.58. The van der Waals surface area contributed by atoms with Gasteiger partial charge in [0.1, 0.15) is 5.82 Å². The third-order valence-electron chi connectivity index (χ3n) is 4.45. The number of benzene rings is 1. The van der Waals surface area contributed by atoms with Crippen LogP contribution in [0.2, 0.25) is 0 Å². The van der Waals surface area contributed by atoms with Crippen LogP contribution < -0.4 is 10.6 Å². The van der Waals surface area contributed by atoms with Crippen LogP contribution in [0.5, 0.6) is 0 Å². The number of hydrogen-bond acceptors (Lipinski definition) is 5. The second kappa shape index (κ2) is 9.91. The van der Waals surface area contributed by atoms with E-state index in [1.54, 1.807) is 12.1 Å². The molecule has 28 heavy (non-hydrogen) atoms. The lowest BCUT2D eigenvalue weighted by molar-refractivity contribution is 0.0383. The highest BCUT2D eigenvalue weighted by Gasteiger charge is 2.13. The molecule has 0 aliphatic carbocycles. The van der Waals surface area contributed by atoms with Crippen molar-refractivity contribution in [2.24, 2.45) is 0 Å². The van der Waals surface area contributed by atoms with Crippen LogP contribution >= 0.6 is 0 Å². The summed E-state index contributed by atoms with van der Waals surface area (Å²) in [6, 6.07) is 7.39. The molecule has 1 aliphatic heterocycles. The van der Waals surface area contributed by atoms with Gasteiger partial charge in [-0.3, -0.25) is 19.5 Å². The number of halogens is 1. The van der Waals surface area contributed by atoms with E-state index in [-0.39, 0.29) is 24.2 Å². The third-order valence-corrected chi connectivity index (χ3v) is 4.45. The molecule has 7 nitrogen and oxygen atoms in total. The Morgan fingerprint density at radius 3 is 2.36 bits per heavy atom. The molecule has 1 saturated heterocycles. The van der Waals surface area contributed by atoms with Gasteiger partial charge >= 0.3 is 0 Å². The summed E-state index contributed by atoms with van der Waals surface area (Å²) in [6.45, 7) is 4.68. The van der Waals surface area contributed by atoms with E-state index in [0.29, 0.717) is 30.9 Å². The van der Waals surface area contributed by atoms with E-state index in [1.807, 2.05) is 0 Å². The Morgan fingerprint density at radius 1 is 1.04 bits per heavy atom. The van der Waals surface area contributed by atoms with Crippen molar-refractivity contribution < 1.29 is 18.7 Å². The number of nitrogens with zero attached hydrogens (tertiary/aromatic N) is 2. The molecule has 148 valence electrons. The summed E-state index contributed by atoms with van der Waals surface area (Å²) < 4.78 is 18.2. The lowest BCUT2D eigenvalue weighted by Crippen LogP contribution is -2.41. The zero-order chi connectivity index (χ0) is 19.8. The van der Waals surface area contributed by atoms with Gasteiger partial charge in [-0.25, -0.2) is 4.39 Å². The maximum absolute atomic E-state index is 12.9. The molecule has 1 fully saturated rings. The predicted octanol–water partition coefficient (Wildman–Crippen LogP) is 1.21. The number of amides is 2. The first kappa shape index (κ1) is 19.9. The van der Waals surface area contributed by atoms with Crippen molar-refractivity contribution in [2.75, 3.05) is 39.4 Å². The Bertz CT molecular complexity index is 807. The normalized spacial score (nSPS) is 14.5. The molecule has 0 unspecified atom stereocenters. The Kier molecular flexibility index (Phi) is 7.05. The van der Waals surface area contributed by atoms with E-state index in [1.165, 1.54) is 30.6 Å². The van der Waals surface area contributed by atoms with Gasteiger partial charge in [0.2, 0.25) is 0 Å². The van der Waals surface area contributed by atoms with Crippen molar-refractivity contribution in [1.82, 2.24) is 20.5 Å². The average molecular weight is 386 g/mol. The predicted molar refractivity (Wildman–Crippen MR) is 101 cm³/mol. The molecule has 0 spiro atoms. The average Bonchev–Trinajstić information content (AvgIpc) is 2.74. The highest BCUT2D eigenvalue weighted by atomic mass is 19.1. The van der Waals surface area contributed by atoms with Gasteiger partial charge in [-0.15, -0.1) is 0 Å². The number of carbonyl (C=O) groups excluding carboxylic acids is 2. The molecule has 2 aromatic rings. The Morgan fingerprint density at radius 2 is 1.68 bits per heavy atom. The van der Waals surface area contributed by atoms with Crippen LogP contribution in [-0.2, 0) is 11.3 Å². The first-order valence-corrected chi connectivity index (χ1v) is 9.18. The molecule has 0 atom stereocenters. The molecule has 2 amide bonds. The van der Waals surface area contributed by atoms with E-state index >= 15 is 0 Å². The summed E-state index contributed by atoms with van der Waals surface area (Å²) >= 11 is 0. The molecule has 1 aliphatic rings. The van der Waals surface area contributed by atoms with Crippen molar-refractivity contribution in [3.05, 3.63) is 65.2 Å². The van der Waals surface area contributed by atoms with Crippen molar-refractivity contribution >= 4 is 11.8 Å². The largest absolute Gasteiger partial charge is 0.379 e. The van der Waals surface area contributed by atoms with Crippen LogP contribution in [0.15, 0.2) is 42.7 Å². The lowest BCUT2D eigenvalue weighted by Gasteiger charge is -2.26. The molecule has 2 N–H and O–H groups in total. The minimum absolute atomic E-state index is 0.259. The Labute approximate surface area is 162 Å². The minimum Gasteiger partial charge on any atom is -0.379 e. The van der Waals surface area contributed by atoms with Gasteiger partial charge in [0.15, 0.2) is 0 Å². The number of hydrogen-bond donors (Lipinski definition) is 2. The van der Waals surface area contributed by atoms with Crippen LogP contribution in [0.1, 0.15) is 26.3 Å². The highest BCUT2D eigenvalue weighted by molar-refractivity contribution is 5.99. The first-order chi connectivity index (χ1) is 13.6. The second-order valence-electron chi connectivity index (χ2n) is 6.48. The topological polar surface area (TPSA) is 83.6 Å². The summed E-state index contributed by atoms with van der Waals surface area (Å²) in [6.07, 6.45) is 2.84. The van der Waals surface area contributed by atoms with E-state index in [9.17, 15) is 14.0 Å². The van der Waals surface area contributed by atoms with Crippen molar-refractivity contribution in [3.63, 3.8) is 0 Å². The van der Waals surface area contributed by atoms with E-state index in [2.05, 4.69) is 20.5 Å². The number of carbonyl (C=O) groups is 2. The number of morpholine rings is 1. The van der Waals surface area contributed by atoms with Gasteiger partial charge in [0, 0.05) is 45.1 Å². The maximum atomic E-state index is 12.9. The van der Waals surface area contributed by atoms with E-state index < -0.39 is 0 Å². The summed E-state index contributed by atoms with van der Waals surface area (Å²) in [4.78, 5) is 30.8. The first-order valence-electron chi connectivity index (χ1n) is 9.18. The Hall–Kier alpha value is -2.84. The van der Waals surface area contributed by atoms with Crippen molar-refractivity contribution in [2.45, 2.75) is 6.54 Å². The van der Waals surface area contributed by atoms with Crippen LogP contribution in [0.25, 0.3) is 0 Å². The molecule has 1 aromatic carbocycles. The molecule has 0 bridgehead atoms. The SMILES string of the molecule is O=C(NCCN1CCOCC1)c1cncc(C(=O)NCc2ccc(F)cc2)c1. The van der Waals surface area contributed by atoms with E-state index in [0.717, 1.165) is 25.2 Å². The molecule has 0 saturated carbocycles. The quantitative estimate of drug-likeness (QED) is 0.748. The fourth-order valence-corrected chi connectivity index (χ4v) is 2.83. The number of ether oxygens (including phenoxy) is 1. The zero-order valence-corrected chi connectivity index (χ0v) is 15.5. The summed E-state index contributed by atoms with van der Waals surface area (Å²) in [7, 11) is 0. The molecule has 8 heteroatoms. The van der Waals surface area contributed by atoms with E-state index in [4.69, 9.17) is 4.74 Å². The fourth-order valence-electron chi connectivity index (χ4n) is 2.83. The number of pyridine rings is 1. The summed E-state index contributed by atoms with van der Waals surface area (Å²) in [5.41, 5.74) is 1.40.